The number of aromatic nitrogens is 2. The molecule has 1 N–H and O–H groups in total. The number of rotatable bonds is 7. The zero-order valence-electron chi connectivity index (χ0n) is 16.2. The second kappa shape index (κ2) is 9.24. The van der Waals surface area contributed by atoms with E-state index in [-0.39, 0.29) is 23.8 Å². The maximum atomic E-state index is 13.6. The van der Waals surface area contributed by atoms with Gasteiger partial charge in [0.1, 0.15) is 11.9 Å². The lowest BCUT2D eigenvalue weighted by Gasteiger charge is -2.18. The lowest BCUT2D eigenvalue weighted by atomic mass is 10.0. The fraction of sp³-hybridized carbons (Fsp3) is 0.0870. The average Bonchev–Trinajstić information content (AvgIpc) is 3.45. The largest absolute Gasteiger partial charge is 0.339 e. The van der Waals surface area contributed by atoms with Crippen molar-refractivity contribution >= 4 is 34.6 Å². The van der Waals surface area contributed by atoms with Gasteiger partial charge >= 0.3 is 0 Å². The molecule has 1 atom stereocenters. The van der Waals surface area contributed by atoms with Crippen LogP contribution in [0.25, 0.3) is 10.4 Å². The molecule has 0 aliphatic carbocycles. The molecule has 0 bridgehead atoms. The number of carbonyl (C=O) groups is 2. The van der Waals surface area contributed by atoms with Gasteiger partial charge in [0.2, 0.25) is 0 Å². The molecule has 8 heteroatoms. The summed E-state index contributed by atoms with van der Waals surface area (Å²) in [6.45, 7) is 0.177. The fourth-order valence-corrected chi connectivity index (χ4v) is 4.14. The number of hydrogen-bond acceptors (Lipinski definition) is 4. The van der Waals surface area contributed by atoms with Crippen molar-refractivity contribution in [1.29, 1.82) is 0 Å². The smallest absolute Gasteiger partial charge is 0.262 e. The molecule has 1 amide bonds. The first-order valence-electron chi connectivity index (χ1n) is 9.42. The first-order chi connectivity index (χ1) is 15.0. The molecule has 156 valence electrons. The molecule has 0 saturated heterocycles. The van der Waals surface area contributed by atoms with Gasteiger partial charge in [-0.05, 0) is 42.0 Å². The number of thiophene rings is 1. The highest BCUT2D eigenvalue weighted by Gasteiger charge is 2.24. The van der Waals surface area contributed by atoms with Gasteiger partial charge in [-0.3, -0.25) is 9.59 Å². The second-order valence-corrected chi connectivity index (χ2v) is 8.35. The van der Waals surface area contributed by atoms with Crippen molar-refractivity contribution in [1.82, 2.24) is 14.9 Å². The highest BCUT2D eigenvalue weighted by molar-refractivity contribution is 7.17. The Kier molecular flexibility index (Phi) is 6.25. The minimum absolute atomic E-state index is 0.177. The summed E-state index contributed by atoms with van der Waals surface area (Å²) in [5, 5.41) is 3.43. The Morgan fingerprint density at radius 1 is 1.13 bits per heavy atom. The second-order valence-electron chi connectivity index (χ2n) is 6.83. The van der Waals surface area contributed by atoms with Crippen LogP contribution in [0.1, 0.15) is 20.0 Å². The van der Waals surface area contributed by atoms with Crippen molar-refractivity contribution in [3.8, 4) is 10.4 Å². The molecule has 2 aromatic carbocycles. The van der Waals surface area contributed by atoms with Crippen LogP contribution < -0.4 is 5.32 Å². The molecule has 2 heterocycles. The number of benzene rings is 2. The van der Waals surface area contributed by atoms with Gasteiger partial charge in [-0.2, -0.15) is 0 Å². The van der Waals surface area contributed by atoms with E-state index in [9.17, 15) is 14.0 Å². The normalized spacial score (nSPS) is 11.8. The van der Waals surface area contributed by atoms with E-state index in [0.29, 0.717) is 9.90 Å². The maximum absolute atomic E-state index is 13.6. The minimum atomic E-state index is -0.885. The maximum Gasteiger partial charge on any atom is 0.262 e. The van der Waals surface area contributed by atoms with Crippen molar-refractivity contribution in [3.63, 3.8) is 0 Å². The van der Waals surface area contributed by atoms with E-state index in [1.807, 2.05) is 18.2 Å². The summed E-state index contributed by atoms with van der Waals surface area (Å²) in [5.41, 5.74) is 1.14. The summed E-state index contributed by atoms with van der Waals surface area (Å²) in [4.78, 5) is 31.3. The van der Waals surface area contributed by atoms with Crippen molar-refractivity contribution in [2.75, 3.05) is 0 Å². The lowest BCUT2D eigenvalue weighted by molar-refractivity contribution is 0.0849. The predicted molar refractivity (Wildman–Crippen MR) is 119 cm³/mol. The van der Waals surface area contributed by atoms with Crippen molar-refractivity contribution in [3.05, 3.63) is 101 Å². The number of imidazole rings is 1. The quantitative estimate of drug-likeness (QED) is 0.396. The Bertz CT molecular complexity index is 1210. The number of carbonyl (C=O) groups excluding carboxylic acids is 2. The molecular weight excluding hydrogens is 437 g/mol. The van der Waals surface area contributed by atoms with E-state index in [0.717, 1.165) is 10.4 Å². The monoisotopic (exact) mass is 453 g/mol. The number of nitrogens with one attached hydrogen (secondary N) is 1. The van der Waals surface area contributed by atoms with Crippen LogP contribution in [0.4, 0.5) is 4.39 Å². The van der Waals surface area contributed by atoms with Gasteiger partial charge in [-0.25, -0.2) is 9.37 Å². The SMILES string of the molecule is O=C(NC(Cn1ccnc1)C(=O)c1cccc(F)c1)c1ccc(-c2ccc(Cl)cc2)s1. The number of amides is 1. The van der Waals surface area contributed by atoms with Gasteiger partial charge < -0.3 is 9.88 Å². The molecule has 31 heavy (non-hydrogen) atoms. The zero-order valence-corrected chi connectivity index (χ0v) is 17.7. The Labute approximate surface area is 187 Å². The van der Waals surface area contributed by atoms with Crippen molar-refractivity contribution < 1.29 is 14.0 Å². The summed E-state index contributed by atoms with van der Waals surface area (Å²) in [5.74, 6) is -1.26. The molecule has 5 nitrogen and oxygen atoms in total. The molecule has 2 aromatic heterocycles. The summed E-state index contributed by atoms with van der Waals surface area (Å²) in [6, 6.07) is 15.4. The van der Waals surface area contributed by atoms with E-state index < -0.39 is 11.9 Å². The minimum Gasteiger partial charge on any atom is -0.339 e. The highest BCUT2D eigenvalue weighted by Crippen LogP contribution is 2.29. The number of ketones is 1. The third-order valence-electron chi connectivity index (χ3n) is 4.64. The van der Waals surface area contributed by atoms with Gasteiger partial charge in [0.25, 0.3) is 5.91 Å². The first-order valence-corrected chi connectivity index (χ1v) is 10.6. The third kappa shape index (κ3) is 5.07. The Morgan fingerprint density at radius 3 is 2.65 bits per heavy atom. The van der Waals surface area contributed by atoms with Crippen LogP contribution in [0.15, 0.2) is 79.4 Å². The number of hydrogen-bond donors (Lipinski definition) is 1. The van der Waals surface area contributed by atoms with Crippen LogP contribution in [0.2, 0.25) is 5.02 Å². The molecule has 0 saturated carbocycles. The van der Waals surface area contributed by atoms with Gasteiger partial charge in [0, 0.05) is 27.9 Å². The topological polar surface area (TPSA) is 64.0 Å². The van der Waals surface area contributed by atoms with Gasteiger partial charge in [-0.1, -0.05) is 35.9 Å². The van der Waals surface area contributed by atoms with Crippen LogP contribution in [0.5, 0.6) is 0 Å². The van der Waals surface area contributed by atoms with Crippen LogP contribution in [-0.4, -0.2) is 27.3 Å². The van der Waals surface area contributed by atoms with Crippen molar-refractivity contribution in [2.45, 2.75) is 12.6 Å². The molecule has 4 rings (SSSR count). The summed E-state index contributed by atoms with van der Waals surface area (Å²) in [6.07, 6.45) is 4.84. The fourth-order valence-electron chi connectivity index (χ4n) is 3.10. The van der Waals surface area contributed by atoms with E-state index >= 15 is 0 Å². The van der Waals surface area contributed by atoms with Gasteiger partial charge in [-0.15, -0.1) is 11.3 Å². The molecule has 0 aliphatic heterocycles. The standard InChI is InChI=1S/C23H17ClFN3O2S/c24-17-6-4-15(5-7-17)20-8-9-21(31-20)23(30)27-19(13-28-11-10-26-14-28)22(29)16-2-1-3-18(25)12-16/h1-12,14,19H,13H2,(H,27,30). The number of halogens is 2. The lowest BCUT2D eigenvalue weighted by Crippen LogP contribution is -2.43. The molecule has 0 aliphatic rings. The highest BCUT2D eigenvalue weighted by atomic mass is 35.5. The van der Waals surface area contributed by atoms with Crippen molar-refractivity contribution in [2.24, 2.45) is 0 Å². The van der Waals surface area contributed by atoms with E-state index in [2.05, 4.69) is 10.3 Å². The Balaban J connectivity index is 1.55. The molecular formula is C23H17ClFN3O2S. The number of Topliss-reactive ketones (excluding diaryl/α,β-unsaturated/α-hetero) is 1. The van der Waals surface area contributed by atoms with Crippen LogP contribution in [-0.2, 0) is 6.54 Å². The van der Waals surface area contributed by atoms with Gasteiger partial charge in [0.05, 0.1) is 17.7 Å². The summed E-state index contributed by atoms with van der Waals surface area (Å²) in [7, 11) is 0. The van der Waals surface area contributed by atoms with Crippen LogP contribution >= 0.6 is 22.9 Å². The molecule has 0 fully saturated rings. The van der Waals surface area contributed by atoms with E-state index in [1.165, 1.54) is 35.6 Å². The van der Waals surface area contributed by atoms with Crippen LogP contribution in [0.3, 0.4) is 0 Å². The average molecular weight is 454 g/mol. The Morgan fingerprint density at radius 2 is 1.94 bits per heavy atom. The first kappa shape index (κ1) is 21.0. The number of nitrogens with zero attached hydrogens (tertiary/aromatic N) is 2. The van der Waals surface area contributed by atoms with E-state index in [1.54, 1.807) is 41.5 Å². The molecule has 1 unspecified atom stereocenters. The van der Waals surface area contributed by atoms with E-state index in [4.69, 9.17) is 11.6 Å². The Hall–Kier alpha value is -3.29. The summed E-state index contributed by atoms with van der Waals surface area (Å²) < 4.78 is 15.3. The van der Waals surface area contributed by atoms with Gasteiger partial charge in [0.15, 0.2) is 5.78 Å². The van der Waals surface area contributed by atoms with Crippen LogP contribution in [0, 0.1) is 5.82 Å². The molecule has 4 aromatic rings. The predicted octanol–water partition coefficient (Wildman–Crippen LogP) is 5.09. The third-order valence-corrected chi connectivity index (χ3v) is 6.03. The molecule has 0 spiro atoms. The zero-order chi connectivity index (χ0) is 21.8. The molecule has 0 radical (unpaired) electrons. The summed E-state index contributed by atoms with van der Waals surface area (Å²) >= 11 is 7.25.